The van der Waals surface area contributed by atoms with E-state index in [9.17, 15) is 0 Å². The molecule has 17 heavy (non-hydrogen) atoms. The van der Waals surface area contributed by atoms with Crippen LogP contribution in [0.1, 0.15) is 6.42 Å². The summed E-state index contributed by atoms with van der Waals surface area (Å²) in [5.74, 6) is 0.661. The summed E-state index contributed by atoms with van der Waals surface area (Å²) >= 11 is 0. The molecule has 1 unspecified atom stereocenters. The molecule has 1 fully saturated rings. The average Bonchev–Trinajstić information content (AvgIpc) is 2.89. The van der Waals surface area contributed by atoms with Crippen molar-refractivity contribution in [3.63, 3.8) is 0 Å². The standard InChI is InChI=1S/C15H17NO/c1-2-6-14-13(4-1)5-3-7-15(14)16-10-12-8-9-17-11-12/h1-7,12,16H,8-11H2. The Morgan fingerprint density at radius 1 is 1.12 bits per heavy atom. The summed E-state index contributed by atoms with van der Waals surface area (Å²) in [5, 5.41) is 6.14. The van der Waals surface area contributed by atoms with Crippen molar-refractivity contribution in [2.45, 2.75) is 6.42 Å². The Balaban J connectivity index is 1.79. The fourth-order valence-electron chi connectivity index (χ4n) is 2.38. The van der Waals surface area contributed by atoms with E-state index >= 15 is 0 Å². The summed E-state index contributed by atoms with van der Waals surface area (Å²) in [5.41, 5.74) is 1.23. The lowest BCUT2D eigenvalue weighted by atomic mass is 10.1. The molecule has 2 heteroatoms. The van der Waals surface area contributed by atoms with Gasteiger partial charge in [0.15, 0.2) is 0 Å². The number of ether oxygens (including phenoxy) is 1. The van der Waals surface area contributed by atoms with Gasteiger partial charge in [-0.3, -0.25) is 0 Å². The SMILES string of the molecule is c1ccc2c(NCC3CCOC3)cccc2c1. The summed E-state index contributed by atoms with van der Waals surface area (Å²) < 4.78 is 5.39. The highest BCUT2D eigenvalue weighted by molar-refractivity contribution is 5.93. The van der Waals surface area contributed by atoms with Gasteiger partial charge in [-0.15, -0.1) is 0 Å². The monoisotopic (exact) mass is 227 g/mol. The molecule has 0 bridgehead atoms. The molecule has 1 aliphatic rings. The lowest BCUT2D eigenvalue weighted by molar-refractivity contribution is 0.187. The van der Waals surface area contributed by atoms with Gasteiger partial charge in [-0.25, -0.2) is 0 Å². The van der Waals surface area contributed by atoms with Crippen LogP contribution in [0.3, 0.4) is 0 Å². The van der Waals surface area contributed by atoms with Crippen molar-refractivity contribution in [1.29, 1.82) is 0 Å². The molecule has 0 spiro atoms. The molecule has 3 rings (SSSR count). The molecule has 0 saturated carbocycles. The largest absolute Gasteiger partial charge is 0.384 e. The topological polar surface area (TPSA) is 21.3 Å². The van der Waals surface area contributed by atoms with E-state index in [0.717, 1.165) is 19.8 Å². The zero-order chi connectivity index (χ0) is 11.5. The van der Waals surface area contributed by atoms with Crippen molar-refractivity contribution >= 4 is 16.5 Å². The molecule has 88 valence electrons. The molecule has 1 heterocycles. The molecule has 0 aliphatic carbocycles. The van der Waals surface area contributed by atoms with Gasteiger partial charge in [-0.1, -0.05) is 36.4 Å². The van der Waals surface area contributed by atoms with E-state index in [1.165, 1.54) is 22.9 Å². The molecule has 1 N–H and O–H groups in total. The van der Waals surface area contributed by atoms with Gasteiger partial charge in [0.1, 0.15) is 0 Å². The van der Waals surface area contributed by atoms with Crippen LogP contribution in [0, 0.1) is 5.92 Å². The van der Waals surface area contributed by atoms with Crippen LogP contribution in [0.4, 0.5) is 5.69 Å². The van der Waals surface area contributed by atoms with E-state index in [4.69, 9.17) is 4.74 Å². The number of hydrogen-bond donors (Lipinski definition) is 1. The molecule has 1 aliphatic heterocycles. The highest BCUT2D eigenvalue weighted by Gasteiger charge is 2.15. The molecule has 0 aromatic heterocycles. The number of hydrogen-bond acceptors (Lipinski definition) is 2. The summed E-state index contributed by atoms with van der Waals surface area (Å²) in [6, 6.07) is 14.9. The first kappa shape index (κ1) is 10.6. The van der Waals surface area contributed by atoms with Gasteiger partial charge >= 0.3 is 0 Å². The van der Waals surface area contributed by atoms with E-state index < -0.39 is 0 Å². The van der Waals surface area contributed by atoms with Crippen molar-refractivity contribution in [2.24, 2.45) is 5.92 Å². The van der Waals surface area contributed by atoms with Crippen LogP contribution in [0.15, 0.2) is 42.5 Å². The lowest BCUT2D eigenvalue weighted by Crippen LogP contribution is -2.14. The number of rotatable bonds is 3. The third-order valence-corrected chi connectivity index (χ3v) is 3.39. The van der Waals surface area contributed by atoms with Crippen LogP contribution in [-0.4, -0.2) is 19.8 Å². The highest BCUT2D eigenvalue weighted by Crippen LogP contribution is 2.23. The maximum absolute atomic E-state index is 5.39. The van der Waals surface area contributed by atoms with Gasteiger partial charge in [0, 0.05) is 30.1 Å². The average molecular weight is 227 g/mol. The second-order valence-electron chi connectivity index (χ2n) is 4.64. The maximum Gasteiger partial charge on any atom is 0.0511 e. The third-order valence-electron chi connectivity index (χ3n) is 3.39. The number of anilines is 1. The second-order valence-corrected chi connectivity index (χ2v) is 4.64. The predicted molar refractivity (Wildman–Crippen MR) is 71.4 cm³/mol. The van der Waals surface area contributed by atoms with Crippen LogP contribution < -0.4 is 5.32 Å². The van der Waals surface area contributed by atoms with Crippen molar-refractivity contribution in [1.82, 2.24) is 0 Å². The van der Waals surface area contributed by atoms with Gasteiger partial charge in [-0.05, 0) is 17.9 Å². The van der Waals surface area contributed by atoms with E-state index in [0.29, 0.717) is 5.92 Å². The van der Waals surface area contributed by atoms with Crippen molar-refractivity contribution in [2.75, 3.05) is 25.1 Å². The normalized spacial score (nSPS) is 19.6. The zero-order valence-corrected chi connectivity index (χ0v) is 9.86. The Morgan fingerprint density at radius 3 is 2.88 bits per heavy atom. The molecule has 1 saturated heterocycles. The minimum Gasteiger partial charge on any atom is -0.384 e. The lowest BCUT2D eigenvalue weighted by Gasteiger charge is -2.12. The number of nitrogens with one attached hydrogen (secondary N) is 1. The Labute approximate surface area is 102 Å². The highest BCUT2D eigenvalue weighted by atomic mass is 16.5. The zero-order valence-electron chi connectivity index (χ0n) is 9.86. The summed E-state index contributed by atoms with van der Waals surface area (Å²) in [6.45, 7) is 2.83. The Bertz CT molecular complexity index is 498. The van der Waals surface area contributed by atoms with Crippen LogP contribution in [0.2, 0.25) is 0 Å². The summed E-state index contributed by atoms with van der Waals surface area (Å²) in [7, 11) is 0. The number of benzene rings is 2. The quantitative estimate of drug-likeness (QED) is 0.868. The van der Waals surface area contributed by atoms with E-state index in [1.54, 1.807) is 0 Å². The molecule has 2 nitrogen and oxygen atoms in total. The number of fused-ring (bicyclic) bond motifs is 1. The fourth-order valence-corrected chi connectivity index (χ4v) is 2.38. The third kappa shape index (κ3) is 2.27. The minimum atomic E-state index is 0.661. The van der Waals surface area contributed by atoms with Crippen LogP contribution in [0.5, 0.6) is 0 Å². The van der Waals surface area contributed by atoms with Crippen LogP contribution >= 0.6 is 0 Å². The first-order valence-corrected chi connectivity index (χ1v) is 6.23. The van der Waals surface area contributed by atoms with Crippen molar-refractivity contribution in [3.8, 4) is 0 Å². The molecule has 1 atom stereocenters. The van der Waals surface area contributed by atoms with Crippen LogP contribution in [0.25, 0.3) is 10.8 Å². The van der Waals surface area contributed by atoms with Gasteiger partial charge in [-0.2, -0.15) is 0 Å². The first-order valence-electron chi connectivity index (χ1n) is 6.23. The van der Waals surface area contributed by atoms with E-state index in [2.05, 4.69) is 47.8 Å². The molecule has 0 radical (unpaired) electrons. The molecular formula is C15H17NO. The smallest absolute Gasteiger partial charge is 0.0511 e. The summed E-state index contributed by atoms with van der Waals surface area (Å²) in [4.78, 5) is 0. The van der Waals surface area contributed by atoms with Crippen LogP contribution in [-0.2, 0) is 4.74 Å². The Hall–Kier alpha value is -1.54. The molecule has 2 aromatic rings. The van der Waals surface area contributed by atoms with Gasteiger partial charge in [0.25, 0.3) is 0 Å². The van der Waals surface area contributed by atoms with E-state index in [1.807, 2.05) is 0 Å². The molecule has 0 amide bonds. The summed E-state index contributed by atoms with van der Waals surface area (Å²) in [6.07, 6.45) is 1.18. The second kappa shape index (κ2) is 4.76. The van der Waals surface area contributed by atoms with Crippen molar-refractivity contribution in [3.05, 3.63) is 42.5 Å². The maximum atomic E-state index is 5.39. The fraction of sp³-hybridized carbons (Fsp3) is 0.333. The predicted octanol–water partition coefficient (Wildman–Crippen LogP) is 3.29. The van der Waals surface area contributed by atoms with Gasteiger partial charge in [0.05, 0.1) is 6.61 Å². The Kier molecular flexibility index (Phi) is 2.97. The Morgan fingerprint density at radius 2 is 2.00 bits per heavy atom. The minimum absolute atomic E-state index is 0.661. The first-order chi connectivity index (χ1) is 8.43. The molecule has 2 aromatic carbocycles. The van der Waals surface area contributed by atoms with Gasteiger partial charge in [0.2, 0.25) is 0 Å². The molecular weight excluding hydrogens is 210 g/mol. The van der Waals surface area contributed by atoms with E-state index in [-0.39, 0.29) is 0 Å². The van der Waals surface area contributed by atoms with Gasteiger partial charge < -0.3 is 10.1 Å². The van der Waals surface area contributed by atoms with Crippen molar-refractivity contribution < 1.29 is 4.74 Å².